The van der Waals surface area contributed by atoms with Gasteiger partial charge < -0.3 is 14.6 Å². The fourth-order valence-electron chi connectivity index (χ4n) is 2.77. The van der Waals surface area contributed by atoms with E-state index >= 15 is 0 Å². The molecule has 0 amide bonds. The predicted octanol–water partition coefficient (Wildman–Crippen LogP) is 4.25. The lowest BCUT2D eigenvalue weighted by atomic mass is 10.0. The first kappa shape index (κ1) is 27.6. The molecule has 0 rings (SSSR count). The van der Waals surface area contributed by atoms with Crippen LogP contribution < -0.4 is 0 Å². The van der Waals surface area contributed by atoms with Crippen molar-refractivity contribution in [1.82, 2.24) is 4.90 Å². The third-order valence-electron chi connectivity index (χ3n) is 4.61. The number of allylic oxidation sites excluding steroid dienone is 1. The zero-order valence-electron chi connectivity index (χ0n) is 19.3. The van der Waals surface area contributed by atoms with Crippen LogP contribution >= 0.6 is 0 Å². The van der Waals surface area contributed by atoms with E-state index in [4.69, 9.17) is 14.6 Å². The van der Waals surface area contributed by atoms with Crippen LogP contribution in [-0.2, 0) is 19.1 Å². The Morgan fingerprint density at radius 2 is 1.45 bits per heavy atom. The summed E-state index contributed by atoms with van der Waals surface area (Å²) >= 11 is 0. The maximum absolute atomic E-state index is 12.0. The van der Waals surface area contributed by atoms with E-state index in [0.717, 1.165) is 50.6 Å². The van der Waals surface area contributed by atoms with Gasteiger partial charge in [0.25, 0.3) is 0 Å². The lowest BCUT2D eigenvalue weighted by Crippen LogP contribution is -2.43. The molecule has 0 radical (unpaired) electrons. The fraction of sp³-hybridized carbons (Fsp3) is 0.826. The second-order valence-electron chi connectivity index (χ2n) is 8.68. The zero-order valence-corrected chi connectivity index (χ0v) is 19.3. The van der Waals surface area contributed by atoms with E-state index in [1.807, 2.05) is 19.9 Å². The summed E-state index contributed by atoms with van der Waals surface area (Å²) in [6.45, 7) is 13.0. The number of esters is 2. The van der Waals surface area contributed by atoms with E-state index in [-0.39, 0.29) is 24.1 Å². The summed E-state index contributed by atoms with van der Waals surface area (Å²) < 4.78 is 10.5. The molecule has 0 fully saturated rings. The monoisotopic (exact) mass is 413 g/mol. The zero-order chi connectivity index (χ0) is 22.1. The van der Waals surface area contributed by atoms with Crippen molar-refractivity contribution in [2.45, 2.75) is 91.5 Å². The number of unbranched alkanes of at least 4 members (excludes halogenated alkanes) is 4. The van der Waals surface area contributed by atoms with Gasteiger partial charge in [0.1, 0.15) is 0 Å². The molecule has 0 aromatic heterocycles. The van der Waals surface area contributed by atoms with Gasteiger partial charge in [0.15, 0.2) is 0 Å². The van der Waals surface area contributed by atoms with Gasteiger partial charge in [-0.2, -0.15) is 0 Å². The second kappa shape index (κ2) is 16.4. The lowest BCUT2D eigenvalue weighted by molar-refractivity contribution is -0.145. The van der Waals surface area contributed by atoms with Crippen molar-refractivity contribution >= 4 is 11.9 Å². The summed E-state index contributed by atoms with van der Waals surface area (Å²) in [5, 5.41) is 8.94. The summed E-state index contributed by atoms with van der Waals surface area (Å²) in [6, 6.07) is 0. The number of carbonyl (C=O) groups is 2. The molecule has 0 aromatic carbocycles. The highest BCUT2D eigenvalue weighted by Gasteiger charge is 2.21. The number of aliphatic hydroxyl groups excluding tert-OH is 1. The molecule has 0 bridgehead atoms. The van der Waals surface area contributed by atoms with Crippen LogP contribution in [0.4, 0.5) is 0 Å². The predicted molar refractivity (Wildman–Crippen MR) is 117 cm³/mol. The molecule has 0 unspecified atom stereocenters. The van der Waals surface area contributed by atoms with Crippen LogP contribution in [0.3, 0.4) is 0 Å². The number of nitrogens with zero attached hydrogens (tertiary/aromatic N) is 1. The van der Waals surface area contributed by atoms with Crippen LogP contribution in [0.15, 0.2) is 11.6 Å². The van der Waals surface area contributed by atoms with Crippen molar-refractivity contribution in [3.63, 3.8) is 0 Å². The molecule has 0 atom stereocenters. The van der Waals surface area contributed by atoms with Gasteiger partial charge in [-0.3, -0.25) is 14.5 Å². The molecule has 0 aliphatic heterocycles. The molecule has 0 saturated heterocycles. The first-order valence-electron chi connectivity index (χ1n) is 11.0. The van der Waals surface area contributed by atoms with Crippen molar-refractivity contribution in [2.24, 2.45) is 0 Å². The summed E-state index contributed by atoms with van der Waals surface area (Å²) in [5.41, 5.74) is 1.11. The minimum absolute atomic E-state index is 0.00908. The Morgan fingerprint density at radius 3 is 1.97 bits per heavy atom. The highest BCUT2D eigenvalue weighted by molar-refractivity contribution is 5.71. The summed E-state index contributed by atoms with van der Waals surface area (Å²) in [7, 11) is 0. The SMILES string of the molecule is CC(C)=CCC(=O)OCCCCCCOC(=O)CCN(CCCCO)C(C)(C)C. The maximum atomic E-state index is 12.0. The van der Waals surface area contributed by atoms with Gasteiger partial charge in [0, 0.05) is 18.7 Å². The van der Waals surface area contributed by atoms with Gasteiger partial charge in [0.2, 0.25) is 0 Å². The van der Waals surface area contributed by atoms with Crippen molar-refractivity contribution < 1.29 is 24.2 Å². The van der Waals surface area contributed by atoms with Crippen molar-refractivity contribution in [3.8, 4) is 0 Å². The normalized spacial score (nSPS) is 11.4. The van der Waals surface area contributed by atoms with Crippen LogP contribution in [0.1, 0.15) is 86.0 Å². The Hall–Kier alpha value is -1.40. The highest BCUT2D eigenvalue weighted by atomic mass is 16.5. The number of aliphatic hydroxyl groups is 1. The number of hydrogen-bond donors (Lipinski definition) is 1. The fourth-order valence-corrected chi connectivity index (χ4v) is 2.77. The van der Waals surface area contributed by atoms with Crippen molar-refractivity contribution in [2.75, 3.05) is 32.9 Å². The summed E-state index contributed by atoms with van der Waals surface area (Å²) in [4.78, 5) is 25.7. The molecule has 0 aliphatic rings. The smallest absolute Gasteiger partial charge is 0.309 e. The molecular weight excluding hydrogens is 370 g/mol. The summed E-state index contributed by atoms with van der Waals surface area (Å²) in [5.74, 6) is -0.338. The first-order chi connectivity index (χ1) is 13.7. The number of hydrogen-bond acceptors (Lipinski definition) is 6. The van der Waals surface area contributed by atoms with Crippen LogP contribution in [0.2, 0.25) is 0 Å². The lowest BCUT2D eigenvalue weighted by Gasteiger charge is -2.35. The van der Waals surface area contributed by atoms with Gasteiger partial charge in [-0.25, -0.2) is 0 Å². The molecule has 6 heteroatoms. The second-order valence-corrected chi connectivity index (χ2v) is 8.68. The van der Waals surface area contributed by atoms with Crippen LogP contribution in [0, 0.1) is 0 Å². The van der Waals surface area contributed by atoms with E-state index < -0.39 is 0 Å². The van der Waals surface area contributed by atoms with Crippen LogP contribution in [0.25, 0.3) is 0 Å². The standard InChI is InChI=1S/C23H43NO5/c1-20(2)12-13-21(26)28-18-10-6-7-11-19-29-22(27)14-16-24(23(3,4)5)15-8-9-17-25/h12,25H,6-11,13-19H2,1-5H3. The first-order valence-corrected chi connectivity index (χ1v) is 11.0. The largest absolute Gasteiger partial charge is 0.466 e. The van der Waals surface area contributed by atoms with Crippen molar-refractivity contribution in [1.29, 1.82) is 0 Å². The average Bonchev–Trinajstić information content (AvgIpc) is 2.63. The Kier molecular flexibility index (Phi) is 15.6. The molecular formula is C23H43NO5. The molecule has 29 heavy (non-hydrogen) atoms. The van der Waals surface area contributed by atoms with Gasteiger partial charge in [0.05, 0.1) is 26.1 Å². The van der Waals surface area contributed by atoms with Gasteiger partial charge >= 0.3 is 11.9 Å². The number of ether oxygens (including phenoxy) is 2. The Bertz CT molecular complexity index is 478. The molecule has 170 valence electrons. The van der Waals surface area contributed by atoms with Crippen LogP contribution in [-0.4, -0.2) is 60.4 Å². The van der Waals surface area contributed by atoms with E-state index in [0.29, 0.717) is 32.6 Å². The molecule has 0 aliphatic carbocycles. The minimum Gasteiger partial charge on any atom is -0.466 e. The number of carbonyl (C=O) groups excluding carboxylic acids is 2. The van der Waals surface area contributed by atoms with E-state index in [1.54, 1.807) is 0 Å². The molecule has 6 nitrogen and oxygen atoms in total. The third-order valence-corrected chi connectivity index (χ3v) is 4.61. The van der Waals surface area contributed by atoms with E-state index in [9.17, 15) is 9.59 Å². The number of rotatable bonds is 16. The van der Waals surface area contributed by atoms with Crippen molar-refractivity contribution in [3.05, 3.63) is 11.6 Å². The Labute approximate surface area is 177 Å². The molecule has 0 saturated carbocycles. The van der Waals surface area contributed by atoms with E-state index in [1.165, 1.54) is 0 Å². The topological polar surface area (TPSA) is 76.1 Å². The summed E-state index contributed by atoms with van der Waals surface area (Å²) in [6.07, 6.45) is 7.87. The Morgan fingerprint density at radius 1 is 0.862 bits per heavy atom. The third kappa shape index (κ3) is 17.2. The van der Waals surface area contributed by atoms with Gasteiger partial charge in [-0.1, -0.05) is 11.6 Å². The molecule has 0 heterocycles. The quantitative estimate of drug-likeness (QED) is 0.232. The molecule has 1 N–H and O–H groups in total. The van der Waals surface area contributed by atoms with Gasteiger partial charge in [-0.05, 0) is 79.7 Å². The van der Waals surface area contributed by atoms with Crippen LogP contribution in [0.5, 0.6) is 0 Å². The maximum Gasteiger partial charge on any atom is 0.309 e. The minimum atomic E-state index is -0.180. The van der Waals surface area contributed by atoms with E-state index in [2.05, 4.69) is 25.7 Å². The average molecular weight is 414 g/mol. The molecule has 0 spiro atoms. The Balaban J connectivity index is 3.75. The molecule has 0 aromatic rings. The highest BCUT2D eigenvalue weighted by Crippen LogP contribution is 2.15. The van der Waals surface area contributed by atoms with Gasteiger partial charge in [-0.15, -0.1) is 0 Å².